The molecule has 0 fully saturated rings. The number of halogens is 3. The van der Waals surface area contributed by atoms with Gasteiger partial charge in [0.1, 0.15) is 5.84 Å². The Hall–Kier alpha value is -2.94. The van der Waals surface area contributed by atoms with Gasteiger partial charge < -0.3 is 11.5 Å². The highest BCUT2D eigenvalue weighted by Crippen LogP contribution is 2.29. The topological polar surface area (TPSA) is 89.6 Å². The minimum atomic E-state index is -4.40. The van der Waals surface area contributed by atoms with Crippen LogP contribution in [0.4, 0.5) is 18.3 Å². The Labute approximate surface area is 144 Å². The van der Waals surface area contributed by atoms with Crippen LogP contribution in [0, 0.1) is 0 Å². The third-order valence-electron chi connectivity index (χ3n) is 3.24. The molecule has 0 unspecified atom stereocenters. The van der Waals surface area contributed by atoms with Crippen LogP contribution in [0.2, 0.25) is 0 Å². The maximum atomic E-state index is 12.6. The molecule has 9 heteroatoms. The van der Waals surface area contributed by atoms with Gasteiger partial charge in [-0.05, 0) is 24.3 Å². The summed E-state index contributed by atoms with van der Waals surface area (Å²) in [5, 5.41) is 0.419. The van der Waals surface area contributed by atoms with Gasteiger partial charge in [-0.25, -0.2) is 4.98 Å². The number of amidine groups is 1. The molecule has 0 saturated carbocycles. The number of aromatic nitrogens is 1. The number of guanidine groups is 1. The van der Waals surface area contributed by atoms with E-state index < -0.39 is 11.7 Å². The first-order valence-electron chi connectivity index (χ1n) is 7.04. The Morgan fingerprint density at radius 3 is 2.32 bits per heavy atom. The van der Waals surface area contributed by atoms with Crippen LogP contribution < -0.4 is 11.5 Å². The third-order valence-corrected chi connectivity index (χ3v) is 4.17. The summed E-state index contributed by atoms with van der Waals surface area (Å²) in [7, 11) is 0. The molecule has 1 heterocycles. The molecule has 0 aliphatic carbocycles. The summed E-state index contributed by atoms with van der Waals surface area (Å²) in [6.45, 7) is 0. The lowest BCUT2D eigenvalue weighted by molar-refractivity contribution is -0.137. The van der Waals surface area contributed by atoms with Crippen molar-refractivity contribution in [3.63, 3.8) is 0 Å². The minimum absolute atomic E-state index is 0.0314. The fourth-order valence-electron chi connectivity index (χ4n) is 2.05. The first kappa shape index (κ1) is 16.9. The van der Waals surface area contributed by atoms with Gasteiger partial charge in [0.25, 0.3) is 0 Å². The van der Waals surface area contributed by atoms with Gasteiger partial charge >= 0.3 is 6.18 Å². The van der Waals surface area contributed by atoms with Gasteiger partial charge in [0.15, 0.2) is 0 Å². The second kappa shape index (κ2) is 6.52. The van der Waals surface area contributed by atoms with Crippen molar-refractivity contribution >= 4 is 38.5 Å². The summed E-state index contributed by atoms with van der Waals surface area (Å²) in [6.07, 6.45) is -4.40. The highest BCUT2D eigenvalue weighted by atomic mass is 32.1. The largest absolute Gasteiger partial charge is 0.416 e. The van der Waals surface area contributed by atoms with Crippen molar-refractivity contribution in [2.75, 3.05) is 0 Å². The van der Waals surface area contributed by atoms with E-state index in [-0.39, 0.29) is 11.8 Å². The predicted molar refractivity (Wildman–Crippen MR) is 93.1 cm³/mol. The molecule has 5 nitrogen and oxygen atoms in total. The van der Waals surface area contributed by atoms with Crippen molar-refractivity contribution in [3.8, 4) is 0 Å². The second-order valence-electron chi connectivity index (χ2n) is 5.01. The van der Waals surface area contributed by atoms with Gasteiger partial charge in [0, 0.05) is 5.56 Å². The first-order valence-corrected chi connectivity index (χ1v) is 7.86. The van der Waals surface area contributed by atoms with Crippen molar-refractivity contribution in [3.05, 3.63) is 59.7 Å². The van der Waals surface area contributed by atoms with Crippen LogP contribution in [0.5, 0.6) is 0 Å². The molecule has 0 amide bonds. The van der Waals surface area contributed by atoms with Crippen molar-refractivity contribution < 1.29 is 13.2 Å². The summed E-state index contributed by atoms with van der Waals surface area (Å²) < 4.78 is 38.6. The van der Waals surface area contributed by atoms with Crippen molar-refractivity contribution in [1.82, 2.24) is 4.98 Å². The normalized spacial score (nSPS) is 13.4. The SMILES string of the molecule is N/C(=N\C(N)=N\c1nc2ccccc2s1)c1ccc(C(F)(F)F)cc1. The van der Waals surface area contributed by atoms with E-state index in [1.54, 1.807) is 0 Å². The number of rotatable bonds is 2. The number of alkyl halides is 3. The molecule has 1 aromatic heterocycles. The monoisotopic (exact) mass is 363 g/mol. The molecule has 0 aliphatic heterocycles. The Kier molecular flexibility index (Phi) is 4.41. The van der Waals surface area contributed by atoms with E-state index in [1.807, 2.05) is 24.3 Å². The number of fused-ring (bicyclic) bond motifs is 1. The van der Waals surface area contributed by atoms with Gasteiger partial charge in [0.2, 0.25) is 11.1 Å². The Morgan fingerprint density at radius 2 is 1.68 bits per heavy atom. The lowest BCUT2D eigenvalue weighted by Gasteiger charge is -2.07. The van der Waals surface area contributed by atoms with Crippen LogP contribution in [-0.2, 0) is 6.18 Å². The molecule has 0 spiro atoms. The predicted octanol–water partition coefficient (Wildman–Crippen LogP) is 3.67. The van der Waals surface area contributed by atoms with Crippen molar-refractivity contribution in [1.29, 1.82) is 0 Å². The molecule has 128 valence electrons. The quantitative estimate of drug-likeness (QED) is 0.538. The zero-order valence-electron chi connectivity index (χ0n) is 12.7. The highest BCUT2D eigenvalue weighted by Gasteiger charge is 2.30. The van der Waals surface area contributed by atoms with Crippen LogP contribution in [0.3, 0.4) is 0 Å². The second-order valence-corrected chi connectivity index (χ2v) is 6.02. The third kappa shape index (κ3) is 3.94. The fraction of sp³-hybridized carbons (Fsp3) is 0.0625. The molecule has 0 saturated heterocycles. The molecule has 0 bridgehead atoms. The Morgan fingerprint density at radius 1 is 1.00 bits per heavy atom. The molecule has 3 aromatic rings. The van der Waals surface area contributed by atoms with E-state index in [9.17, 15) is 13.2 Å². The first-order chi connectivity index (χ1) is 11.8. The Bertz CT molecular complexity index is 925. The summed E-state index contributed by atoms with van der Waals surface area (Å²) >= 11 is 1.34. The van der Waals surface area contributed by atoms with E-state index in [0.717, 1.165) is 22.3 Å². The molecule has 25 heavy (non-hydrogen) atoms. The van der Waals surface area contributed by atoms with Gasteiger partial charge in [0.05, 0.1) is 15.8 Å². The molecule has 0 radical (unpaired) electrons. The maximum Gasteiger partial charge on any atom is 0.416 e. The number of para-hydroxylation sites is 1. The van der Waals surface area contributed by atoms with Gasteiger partial charge in [-0.2, -0.15) is 23.2 Å². The standard InChI is InChI=1S/C16H12F3N5S/c17-16(18,19)10-7-5-9(6-8-10)13(20)23-14(21)24-15-22-11-3-1-2-4-12(11)25-15/h1-8H,(H4,20,21,22,23,24). The molecular weight excluding hydrogens is 351 g/mol. The van der Waals surface area contributed by atoms with E-state index in [1.165, 1.54) is 23.5 Å². The molecule has 2 aromatic carbocycles. The van der Waals surface area contributed by atoms with Crippen LogP contribution >= 0.6 is 11.3 Å². The van der Waals surface area contributed by atoms with Crippen LogP contribution in [-0.4, -0.2) is 16.8 Å². The summed E-state index contributed by atoms with van der Waals surface area (Å²) in [6, 6.07) is 11.8. The van der Waals surface area contributed by atoms with Crippen LogP contribution in [0.15, 0.2) is 58.5 Å². The van der Waals surface area contributed by atoms with E-state index in [4.69, 9.17) is 11.5 Å². The molecular formula is C16H12F3N5S. The lowest BCUT2D eigenvalue weighted by atomic mass is 10.1. The number of aliphatic imine (C=N–C) groups is 2. The summed E-state index contributed by atoms with van der Waals surface area (Å²) in [5.74, 6) is -0.160. The number of hydrogen-bond acceptors (Lipinski definition) is 3. The fourth-order valence-corrected chi connectivity index (χ4v) is 2.89. The van der Waals surface area contributed by atoms with Crippen LogP contribution in [0.1, 0.15) is 11.1 Å². The zero-order chi connectivity index (χ0) is 18.0. The number of nitrogens with zero attached hydrogens (tertiary/aromatic N) is 3. The number of benzene rings is 2. The minimum Gasteiger partial charge on any atom is -0.383 e. The average Bonchev–Trinajstić information content (AvgIpc) is 2.96. The Balaban J connectivity index is 1.83. The number of thiazole rings is 1. The van der Waals surface area contributed by atoms with Crippen molar-refractivity contribution in [2.24, 2.45) is 21.5 Å². The van der Waals surface area contributed by atoms with Crippen LogP contribution in [0.25, 0.3) is 10.2 Å². The van der Waals surface area contributed by atoms with E-state index in [0.29, 0.717) is 10.7 Å². The van der Waals surface area contributed by atoms with E-state index >= 15 is 0 Å². The number of hydrogen-bond donors (Lipinski definition) is 2. The zero-order valence-corrected chi connectivity index (χ0v) is 13.5. The average molecular weight is 363 g/mol. The molecule has 3 rings (SSSR count). The van der Waals surface area contributed by atoms with Gasteiger partial charge in [-0.1, -0.05) is 35.6 Å². The molecule has 4 N–H and O–H groups in total. The van der Waals surface area contributed by atoms with Crippen molar-refractivity contribution in [2.45, 2.75) is 6.18 Å². The highest BCUT2D eigenvalue weighted by molar-refractivity contribution is 7.22. The summed E-state index contributed by atoms with van der Waals surface area (Å²) in [4.78, 5) is 12.3. The smallest absolute Gasteiger partial charge is 0.383 e. The van der Waals surface area contributed by atoms with Gasteiger partial charge in [-0.3, -0.25) is 0 Å². The number of nitrogens with two attached hydrogens (primary N) is 2. The molecule has 0 aliphatic rings. The molecule has 0 atom stereocenters. The maximum absolute atomic E-state index is 12.6. The van der Waals surface area contributed by atoms with Gasteiger partial charge in [-0.15, -0.1) is 0 Å². The lowest BCUT2D eigenvalue weighted by Crippen LogP contribution is -2.19. The van der Waals surface area contributed by atoms with E-state index in [2.05, 4.69) is 15.0 Å². The summed E-state index contributed by atoms with van der Waals surface area (Å²) in [5.41, 5.74) is 11.9.